The second kappa shape index (κ2) is 16.3. The first-order chi connectivity index (χ1) is 20.1. The van der Waals surface area contributed by atoms with Crippen molar-refractivity contribution in [3.05, 3.63) is 35.1 Å². The largest absolute Gasteiger partial charge is 0.522 e. The molecular weight excluding hydrogens is 578 g/mol. The molecule has 1 saturated heterocycles. The lowest BCUT2D eigenvalue weighted by molar-refractivity contribution is -0.321. The average Bonchev–Trinajstić information content (AvgIpc) is 3.32. The van der Waals surface area contributed by atoms with Crippen molar-refractivity contribution in [3.8, 4) is 0 Å². The summed E-state index contributed by atoms with van der Waals surface area (Å²) in [7, 11) is 0. The number of nitrogens with one attached hydrogen (secondary N) is 3. The number of hydrogen-bond acceptors (Lipinski definition) is 7. The van der Waals surface area contributed by atoms with Gasteiger partial charge in [-0.3, -0.25) is 28.7 Å². The molecule has 15 heteroatoms. The number of ketones is 1. The van der Waals surface area contributed by atoms with E-state index in [1.165, 1.54) is 18.2 Å². The van der Waals surface area contributed by atoms with E-state index in [0.717, 1.165) is 0 Å². The number of amides is 4. The highest BCUT2D eigenvalue weighted by atomic mass is 19.4. The third-order valence-electron chi connectivity index (χ3n) is 7.04. The number of ether oxygens (including phenoxy) is 1. The molecule has 11 nitrogen and oxygen atoms in total. The third kappa shape index (κ3) is 11.2. The Hall–Kier alpha value is -3.59. The fraction of sp³-hybridized carbons (Fsp3) is 0.607. The summed E-state index contributed by atoms with van der Waals surface area (Å²) in [5.74, 6) is -7.20. The number of rotatable bonds is 17. The molecule has 4 atom stereocenters. The van der Waals surface area contributed by atoms with Gasteiger partial charge in [-0.25, -0.2) is 4.39 Å². The minimum Gasteiger partial charge on any atom is -0.366 e. The van der Waals surface area contributed by atoms with Crippen molar-refractivity contribution in [2.24, 2.45) is 23.3 Å². The minimum atomic E-state index is -5.09. The van der Waals surface area contributed by atoms with Crippen LogP contribution in [0.2, 0.25) is 0 Å². The first-order valence-corrected chi connectivity index (χ1v) is 14.0. The zero-order valence-electron chi connectivity index (χ0n) is 24.1. The number of carbonyl (C=O) groups excluding carboxylic acids is 5. The Bertz CT molecular complexity index is 1160. The summed E-state index contributed by atoms with van der Waals surface area (Å²) in [6, 6.07) is 1.09. The van der Waals surface area contributed by atoms with Crippen molar-refractivity contribution in [1.29, 1.82) is 0 Å². The lowest BCUT2D eigenvalue weighted by Crippen LogP contribution is -2.54. The quantitative estimate of drug-likeness (QED) is 0.130. The van der Waals surface area contributed by atoms with Gasteiger partial charge < -0.3 is 27.4 Å². The van der Waals surface area contributed by atoms with E-state index in [-0.39, 0.29) is 30.7 Å². The van der Waals surface area contributed by atoms with Crippen LogP contribution in [0.4, 0.5) is 17.6 Å². The molecule has 1 aliphatic heterocycles. The summed E-state index contributed by atoms with van der Waals surface area (Å²) >= 11 is 0. The lowest BCUT2D eigenvalue weighted by atomic mass is 9.90. The van der Waals surface area contributed by atoms with Gasteiger partial charge in [0.2, 0.25) is 17.7 Å². The van der Waals surface area contributed by atoms with Gasteiger partial charge >= 0.3 is 6.36 Å². The van der Waals surface area contributed by atoms with Crippen LogP contribution in [0, 0.1) is 17.7 Å². The van der Waals surface area contributed by atoms with E-state index >= 15 is 4.39 Å². The van der Waals surface area contributed by atoms with E-state index in [1.54, 1.807) is 13.8 Å². The standard InChI is InChI=1S/C28H39F4N5O6/c1-15(2)12-21(27(42)36-20(13-16-9-11-35-25(16)40)22(38)14-43-28(30,31)32)37-26(41)18(6-3-4-10-33)17-7-5-8-19(23(17)29)24(34)39/h5,7-8,15-16,18,20-21H,3-4,6,9-14,33H2,1-2H3,(H2,34,39)(H,35,40)(H,36,42)(H,37,41)/t16-,18-,20-,21-/m0/s1. The Kier molecular flexibility index (Phi) is 13.5. The van der Waals surface area contributed by atoms with E-state index < -0.39 is 77.7 Å². The van der Waals surface area contributed by atoms with Crippen molar-refractivity contribution in [2.45, 2.75) is 76.7 Å². The third-order valence-corrected chi connectivity index (χ3v) is 7.04. The molecule has 1 fully saturated rings. The maximum absolute atomic E-state index is 15.2. The first kappa shape index (κ1) is 35.6. The van der Waals surface area contributed by atoms with Crippen LogP contribution in [0.1, 0.15) is 74.2 Å². The van der Waals surface area contributed by atoms with Gasteiger partial charge in [0.15, 0.2) is 5.78 Å². The fourth-order valence-corrected chi connectivity index (χ4v) is 4.86. The number of primary amides is 1. The molecule has 240 valence electrons. The molecule has 1 aromatic rings. The molecule has 0 saturated carbocycles. The van der Waals surface area contributed by atoms with E-state index in [0.29, 0.717) is 32.4 Å². The van der Waals surface area contributed by atoms with Crippen LogP contribution in [0.25, 0.3) is 0 Å². The lowest BCUT2D eigenvalue weighted by Gasteiger charge is -2.27. The van der Waals surface area contributed by atoms with Gasteiger partial charge in [-0.1, -0.05) is 32.4 Å². The van der Waals surface area contributed by atoms with Crippen LogP contribution in [0.5, 0.6) is 0 Å². The Morgan fingerprint density at radius 3 is 2.33 bits per heavy atom. The van der Waals surface area contributed by atoms with E-state index in [4.69, 9.17) is 11.5 Å². The maximum atomic E-state index is 15.2. The zero-order valence-corrected chi connectivity index (χ0v) is 24.1. The van der Waals surface area contributed by atoms with Crippen LogP contribution < -0.4 is 27.4 Å². The molecule has 1 heterocycles. The van der Waals surface area contributed by atoms with E-state index in [2.05, 4.69) is 20.7 Å². The van der Waals surface area contributed by atoms with Gasteiger partial charge in [0.1, 0.15) is 18.5 Å². The maximum Gasteiger partial charge on any atom is 0.522 e. The number of nitrogens with two attached hydrogens (primary N) is 2. The van der Waals surface area contributed by atoms with Gasteiger partial charge in [0, 0.05) is 18.0 Å². The summed E-state index contributed by atoms with van der Waals surface area (Å²) in [6.45, 7) is 2.74. The van der Waals surface area contributed by atoms with Crippen molar-refractivity contribution in [1.82, 2.24) is 16.0 Å². The first-order valence-electron chi connectivity index (χ1n) is 14.0. The number of hydrogen-bond donors (Lipinski definition) is 5. The molecule has 2 rings (SSSR count). The molecule has 1 aromatic carbocycles. The van der Waals surface area contributed by atoms with Crippen molar-refractivity contribution in [3.63, 3.8) is 0 Å². The number of unbranched alkanes of at least 4 members (excludes halogenated alkanes) is 1. The number of benzene rings is 1. The van der Waals surface area contributed by atoms with Gasteiger partial charge in [0.05, 0.1) is 17.5 Å². The van der Waals surface area contributed by atoms with Gasteiger partial charge in [-0.2, -0.15) is 0 Å². The Morgan fingerprint density at radius 1 is 1.09 bits per heavy atom. The highest BCUT2D eigenvalue weighted by molar-refractivity contribution is 5.96. The minimum absolute atomic E-state index is 0.0563. The van der Waals surface area contributed by atoms with E-state index in [9.17, 15) is 37.1 Å². The summed E-state index contributed by atoms with van der Waals surface area (Å²) in [4.78, 5) is 63.5. The van der Waals surface area contributed by atoms with Crippen LogP contribution >= 0.6 is 0 Å². The summed E-state index contributed by atoms with van der Waals surface area (Å²) in [6.07, 6.45) is -3.96. The molecular formula is C28H39F4N5O6. The van der Waals surface area contributed by atoms with Crippen LogP contribution in [0.3, 0.4) is 0 Å². The Morgan fingerprint density at radius 2 is 1.77 bits per heavy atom. The molecule has 4 amide bonds. The molecule has 0 aliphatic carbocycles. The molecule has 43 heavy (non-hydrogen) atoms. The monoisotopic (exact) mass is 617 g/mol. The smallest absolute Gasteiger partial charge is 0.366 e. The summed E-state index contributed by atoms with van der Waals surface area (Å²) in [5, 5.41) is 7.55. The van der Waals surface area contributed by atoms with Crippen LogP contribution in [0.15, 0.2) is 18.2 Å². The molecule has 0 unspecified atom stereocenters. The molecule has 0 spiro atoms. The van der Waals surface area contributed by atoms with Crippen LogP contribution in [-0.4, -0.2) is 67.6 Å². The second-order valence-corrected chi connectivity index (χ2v) is 10.9. The number of carbonyl (C=O) groups is 5. The molecule has 1 aliphatic rings. The molecule has 7 N–H and O–H groups in total. The Balaban J connectivity index is 2.33. The SMILES string of the molecule is CC(C)C[C@H](NC(=O)[C@@H](CCCCN)c1cccc(C(N)=O)c1F)C(=O)N[C@@H](C[C@@H]1CCNC1=O)C(=O)COC(F)(F)F. The van der Waals surface area contributed by atoms with Gasteiger partial charge in [-0.15, -0.1) is 13.2 Å². The van der Waals surface area contributed by atoms with Crippen molar-refractivity contribution in [2.75, 3.05) is 19.7 Å². The number of halogens is 4. The number of alkyl halides is 3. The highest BCUT2D eigenvalue weighted by Crippen LogP contribution is 2.28. The summed E-state index contributed by atoms with van der Waals surface area (Å²) in [5.41, 5.74) is 10.3. The molecule has 0 bridgehead atoms. The highest BCUT2D eigenvalue weighted by Gasteiger charge is 2.37. The second-order valence-electron chi connectivity index (χ2n) is 10.9. The molecule has 0 radical (unpaired) electrons. The normalized spacial score (nSPS) is 17.2. The van der Waals surface area contributed by atoms with E-state index in [1.807, 2.05) is 0 Å². The predicted molar refractivity (Wildman–Crippen MR) is 147 cm³/mol. The summed E-state index contributed by atoms with van der Waals surface area (Å²) < 4.78 is 56.7. The van der Waals surface area contributed by atoms with Crippen molar-refractivity contribution >= 4 is 29.4 Å². The number of Topliss-reactive ketones (excluding diaryl/α,β-unsaturated/α-hetero) is 1. The Labute approximate surface area is 246 Å². The average molecular weight is 618 g/mol. The van der Waals surface area contributed by atoms with Gasteiger partial charge in [0.25, 0.3) is 5.91 Å². The van der Waals surface area contributed by atoms with Gasteiger partial charge in [-0.05, 0) is 50.6 Å². The van der Waals surface area contributed by atoms with Crippen molar-refractivity contribution < 1.29 is 46.3 Å². The van der Waals surface area contributed by atoms with Crippen LogP contribution in [-0.2, 0) is 23.9 Å². The topological polar surface area (TPSA) is 183 Å². The zero-order chi connectivity index (χ0) is 32.3. The predicted octanol–water partition coefficient (Wildman–Crippen LogP) is 1.78. The fourth-order valence-electron chi connectivity index (χ4n) is 4.86. The molecule has 0 aromatic heterocycles.